The largest absolute Gasteiger partial charge is 0.427 e. The summed E-state index contributed by atoms with van der Waals surface area (Å²) in [6.07, 6.45) is 3.98. The minimum Gasteiger partial charge on any atom is -0.427 e. The van der Waals surface area contributed by atoms with Gasteiger partial charge in [0.15, 0.2) is 5.13 Å². The Morgan fingerprint density at radius 1 is 1.30 bits per heavy atom. The first kappa shape index (κ1) is 29.4. The molecule has 0 aliphatic carbocycles. The molecule has 4 rings (SSSR count). The minimum atomic E-state index is -1.61. The lowest BCUT2D eigenvalue weighted by molar-refractivity contribution is -0.174. The van der Waals surface area contributed by atoms with Gasteiger partial charge in [-0.2, -0.15) is 0 Å². The molecule has 2 aliphatic heterocycles. The van der Waals surface area contributed by atoms with Gasteiger partial charge in [-0.3, -0.25) is 24.3 Å². The Balaban J connectivity index is 1.53. The van der Waals surface area contributed by atoms with Crippen LogP contribution < -0.4 is 11.1 Å². The Morgan fingerprint density at radius 2 is 2.00 bits per heavy atom. The molecule has 13 nitrogen and oxygen atoms in total. The normalized spacial score (nSPS) is 19.3. The van der Waals surface area contributed by atoms with Gasteiger partial charge in [0.05, 0.1) is 11.5 Å². The fourth-order valence-electron chi connectivity index (χ4n) is 4.04. The van der Waals surface area contributed by atoms with E-state index in [1.54, 1.807) is 45.3 Å². The molecule has 212 valence electrons. The molecule has 2 unspecified atom stereocenters. The van der Waals surface area contributed by atoms with E-state index in [0.29, 0.717) is 17.7 Å². The van der Waals surface area contributed by atoms with Gasteiger partial charge < -0.3 is 20.5 Å². The van der Waals surface area contributed by atoms with Gasteiger partial charge in [0.2, 0.25) is 12.8 Å². The molecule has 1 saturated heterocycles. The number of esters is 2. The maximum atomic E-state index is 13.3. The lowest BCUT2D eigenvalue weighted by Crippen LogP contribution is -2.71. The van der Waals surface area contributed by atoms with E-state index in [9.17, 15) is 24.1 Å². The molecule has 0 aromatic carbocycles. The van der Waals surface area contributed by atoms with Crippen molar-refractivity contribution in [3.63, 3.8) is 0 Å². The number of nitrogen functional groups attached to an aromatic ring is 1. The zero-order valence-electron chi connectivity index (χ0n) is 21.6. The van der Waals surface area contributed by atoms with Gasteiger partial charge in [0, 0.05) is 22.2 Å². The summed E-state index contributed by atoms with van der Waals surface area (Å²) in [5.74, 6) is -2.89. The molecule has 2 aliphatic rings. The number of ether oxygens (including phenoxy) is 2. The number of halogens is 1. The van der Waals surface area contributed by atoms with Crippen LogP contribution in [0.5, 0.6) is 0 Å². The molecule has 0 spiro atoms. The summed E-state index contributed by atoms with van der Waals surface area (Å²) in [5, 5.41) is 5.41. The SMILES string of the molecule is CC(C)(C)C(=O)OCOC(=O)C1=C(Sc2ccncc2)CCC2[C@H](NC(=O)C(N=O)c3nc(N)sc3Cl)C(=O)N12. The van der Waals surface area contributed by atoms with Crippen molar-refractivity contribution in [3.05, 3.63) is 50.1 Å². The highest BCUT2D eigenvalue weighted by Gasteiger charge is 2.54. The third-order valence-corrected chi connectivity index (χ3v) is 8.27. The van der Waals surface area contributed by atoms with Crippen LogP contribution in [0, 0.1) is 10.3 Å². The Hall–Kier alpha value is -3.56. The number of hydrogen-bond acceptors (Lipinski definition) is 13. The number of amides is 2. The second-order valence-corrected chi connectivity index (χ2v) is 12.6. The zero-order chi connectivity index (χ0) is 29.2. The Bertz CT molecular complexity index is 1380. The fraction of sp³-hybridized carbons (Fsp3) is 0.417. The van der Waals surface area contributed by atoms with Crippen molar-refractivity contribution in [1.29, 1.82) is 0 Å². The highest BCUT2D eigenvalue weighted by molar-refractivity contribution is 8.03. The number of carbonyl (C=O) groups is 4. The number of nitrogens with one attached hydrogen (secondary N) is 1. The van der Waals surface area contributed by atoms with Crippen molar-refractivity contribution in [2.24, 2.45) is 10.6 Å². The second kappa shape index (κ2) is 11.9. The van der Waals surface area contributed by atoms with Gasteiger partial charge in [0.25, 0.3) is 11.8 Å². The fourth-order valence-corrected chi connectivity index (χ4v) is 6.05. The first-order valence-corrected chi connectivity index (χ1v) is 14.0. The van der Waals surface area contributed by atoms with Gasteiger partial charge >= 0.3 is 11.9 Å². The first-order chi connectivity index (χ1) is 18.9. The van der Waals surface area contributed by atoms with Crippen LogP contribution in [-0.4, -0.2) is 57.5 Å². The molecular formula is C24H25ClN6O7S2. The molecule has 3 atom stereocenters. The highest BCUT2D eigenvalue weighted by Crippen LogP contribution is 2.43. The van der Waals surface area contributed by atoms with E-state index in [1.807, 2.05) is 0 Å². The lowest BCUT2D eigenvalue weighted by atomic mass is 9.86. The topological polar surface area (TPSA) is 183 Å². The maximum Gasteiger partial charge on any atom is 0.358 e. The van der Waals surface area contributed by atoms with Gasteiger partial charge in [0.1, 0.15) is 21.8 Å². The van der Waals surface area contributed by atoms with Gasteiger partial charge in [-0.1, -0.05) is 34.7 Å². The number of hydrogen-bond donors (Lipinski definition) is 2. The summed E-state index contributed by atoms with van der Waals surface area (Å²) in [4.78, 5) is 73.4. The van der Waals surface area contributed by atoms with Crippen LogP contribution in [0.4, 0.5) is 5.13 Å². The molecule has 0 radical (unpaired) electrons. The number of pyridine rings is 1. The summed E-state index contributed by atoms with van der Waals surface area (Å²) in [6.45, 7) is 4.33. The molecule has 2 aromatic rings. The summed E-state index contributed by atoms with van der Waals surface area (Å²) in [5.41, 5.74) is 4.69. The van der Waals surface area contributed by atoms with Gasteiger partial charge in [-0.15, -0.1) is 4.91 Å². The smallest absolute Gasteiger partial charge is 0.358 e. The number of thioether (sulfide) groups is 1. The van der Waals surface area contributed by atoms with E-state index >= 15 is 0 Å². The number of β-lactam (4-membered cyclic amide) rings is 1. The number of carbonyl (C=O) groups excluding carboxylic acids is 4. The van der Waals surface area contributed by atoms with E-state index in [-0.39, 0.29) is 20.9 Å². The monoisotopic (exact) mass is 608 g/mol. The molecule has 4 heterocycles. The average molecular weight is 609 g/mol. The van der Waals surface area contributed by atoms with E-state index in [2.05, 4.69) is 20.5 Å². The average Bonchev–Trinajstić information content (AvgIpc) is 3.24. The molecule has 1 fully saturated rings. The third kappa shape index (κ3) is 6.10. The molecule has 0 bridgehead atoms. The summed E-state index contributed by atoms with van der Waals surface area (Å²) >= 11 is 8.19. The molecule has 40 heavy (non-hydrogen) atoms. The van der Waals surface area contributed by atoms with E-state index in [0.717, 1.165) is 16.2 Å². The Labute approximate surface area is 241 Å². The van der Waals surface area contributed by atoms with Crippen LogP contribution in [0.3, 0.4) is 0 Å². The number of aromatic nitrogens is 2. The predicted octanol–water partition coefficient (Wildman–Crippen LogP) is 3.16. The number of allylic oxidation sites excluding steroid dienone is 1. The molecular weight excluding hydrogens is 584 g/mol. The number of fused-ring (bicyclic) bond motifs is 1. The Kier molecular flexibility index (Phi) is 8.75. The third-order valence-electron chi connectivity index (χ3n) is 6.01. The van der Waals surface area contributed by atoms with E-state index < -0.39 is 54.1 Å². The molecule has 2 amide bonds. The minimum absolute atomic E-state index is 0.0132. The zero-order valence-corrected chi connectivity index (χ0v) is 24.0. The van der Waals surface area contributed by atoms with Gasteiger partial charge in [-0.05, 0) is 50.9 Å². The van der Waals surface area contributed by atoms with E-state index in [1.165, 1.54) is 16.7 Å². The van der Waals surface area contributed by atoms with Crippen LogP contribution in [-0.2, 0) is 28.7 Å². The van der Waals surface area contributed by atoms with Crippen LogP contribution in [0.1, 0.15) is 45.3 Å². The van der Waals surface area contributed by atoms with Crippen LogP contribution in [0.15, 0.2) is 45.2 Å². The van der Waals surface area contributed by atoms with Crippen LogP contribution in [0.2, 0.25) is 4.34 Å². The van der Waals surface area contributed by atoms with Crippen molar-refractivity contribution >= 4 is 63.6 Å². The van der Waals surface area contributed by atoms with Crippen molar-refractivity contribution < 1.29 is 28.7 Å². The summed E-state index contributed by atoms with van der Waals surface area (Å²) < 4.78 is 10.3. The number of nitrogens with two attached hydrogens (primary N) is 1. The Morgan fingerprint density at radius 3 is 2.60 bits per heavy atom. The standard InChI is InChI=1S/C24H25ClN6O7S2/c1-24(2,3)22(35)38-10-37-21(34)17-13(39-11-6-8-27-9-7-11)5-4-12-14(20(33)31(12)17)28-19(32)16(30-36)15-18(25)40-23(26)29-15/h6-9,12,14,16H,4-5,10H2,1-3H3,(H2,26,29)(H,28,32)/t12?,14-,16?/m0/s1. The van der Waals surface area contributed by atoms with E-state index in [4.69, 9.17) is 26.8 Å². The summed E-state index contributed by atoms with van der Waals surface area (Å²) in [6, 6.07) is 0.270. The van der Waals surface area contributed by atoms with Crippen molar-refractivity contribution in [2.75, 3.05) is 12.5 Å². The van der Waals surface area contributed by atoms with Gasteiger partial charge in [-0.25, -0.2) is 9.78 Å². The van der Waals surface area contributed by atoms with Crippen molar-refractivity contribution in [3.8, 4) is 0 Å². The molecule has 2 aromatic heterocycles. The quantitative estimate of drug-likeness (QED) is 0.184. The number of nitrogens with zero attached hydrogens (tertiary/aromatic N) is 4. The maximum absolute atomic E-state index is 13.3. The van der Waals surface area contributed by atoms with Crippen molar-refractivity contribution in [2.45, 2.75) is 56.6 Å². The number of thiazole rings is 1. The predicted molar refractivity (Wildman–Crippen MR) is 145 cm³/mol. The summed E-state index contributed by atoms with van der Waals surface area (Å²) in [7, 11) is 0. The second-order valence-electron chi connectivity index (χ2n) is 9.81. The van der Waals surface area contributed by atoms with Crippen LogP contribution >= 0.6 is 34.7 Å². The van der Waals surface area contributed by atoms with Crippen LogP contribution in [0.25, 0.3) is 0 Å². The number of rotatable bonds is 9. The number of nitroso groups, excluding NO2 is 1. The number of anilines is 1. The molecule has 3 N–H and O–H groups in total. The lowest BCUT2D eigenvalue weighted by Gasteiger charge is -2.50. The molecule has 0 saturated carbocycles. The van der Waals surface area contributed by atoms with Crippen molar-refractivity contribution in [1.82, 2.24) is 20.2 Å². The first-order valence-electron chi connectivity index (χ1n) is 11.9. The highest BCUT2D eigenvalue weighted by atomic mass is 35.5. The molecule has 16 heteroatoms.